The van der Waals surface area contributed by atoms with Crippen LogP contribution in [0.5, 0.6) is 0 Å². The standard InChI is InChI=1S/C28H49N5O7/c1-11-17(2)20(30-24(37)39-26(3,4)5)23(36)32-16-28(9,10)14-19(32)22(35)31-33(25(38)40-27(6,7)8)15-18-12-13-29-21(18)34/h17-20H,11-16H2,1-10H3,(H,29,34)(H,30,37)(H,31,35)/t17?,18-,19-,20?/m0/s1. The molecule has 0 spiro atoms. The molecular formula is C28H49N5O7. The second-order valence-electron chi connectivity index (χ2n) is 13.7. The van der Waals surface area contributed by atoms with Crippen molar-refractivity contribution in [2.45, 2.75) is 112 Å². The number of nitrogens with zero attached hydrogens (tertiary/aromatic N) is 2. The first-order chi connectivity index (χ1) is 18.2. The number of nitrogens with one attached hydrogen (secondary N) is 3. The van der Waals surface area contributed by atoms with Crippen LogP contribution in [0.2, 0.25) is 0 Å². The van der Waals surface area contributed by atoms with Crippen LogP contribution in [0, 0.1) is 17.3 Å². The first-order valence-electron chi connectivity index (χ1n) is 14.1. The normalized spacial score (nSPS) is 22.1. The summed E-state index contributed by atoms with van der Waals surface area (Å²) in [5.74, 6) is -1.90. The molecule has 2 aliphatic rings. The van der Waals surface area contributed by atoms with E-state index in [1.54, 1.807) is 41.5 Å². The number of alkyl carbamates (subject to hydrolysis) is 1. The van der Waals surface area contributed by atoms with E-state index in [-0.39, 0.29) is 24.9 Å². The molecule has 228 valence electrons. The van der Waals surface area contributed by atoms with Crippen molar-refractivity contribution >= 4 is 29.9 Å². The highest BCUT2D eigenvalue weighted by atomic mass is 16.6. The Labute approximate surface area is 238 Å². The van der Waals surface area contributed by atoms with Crippen LogP contribution in [0.15, 0.2) is 0 Å². The molecule has 2 unspecified atom stereocenters. The summed E-state index contributed by atoms with van der Waals surface area (Å²) in [5, 5.41) is 6.48. The zero-order valence-corrected chi connectivity index (χ0v) is 25.8. The van der Waals surface area contributed by atoms with E-state index < -0.39 is 58.6 Å². The minimum absolute atomic E-state index is 0.0633. The Morgan fingerprint density at radius 3 is 2.20 bits per heavy atom. The summed E-state index contributed by atoms with van der Waals surface area (Å²) in [6.45, 7) is 18.7. The molecule has 2 rings (SSSR count). The second-order valence-corrected chi connectivity index (χ2v) is 13.7. The van der Waals surface area contributed by atoms with Gasteiger partial charge in [0.1, 0.15) is 23.3 Å². The van der Waals surface area contributed by atoms with Gasteiger partial charge < -0.3 is 25.0 Å². The molecule has 0 radical (unpaired) electrons. The monoisotopic (exact) mass is 567 g/mol. The second kappa shape index (κ2) is 12.6. The van der Waals surface area contributed by atoms with E-state index in [1.165, 1.54) is 4.90 Å². The van der Waals surface area contributed by atoms with Gasteiger partial charge in [0.05, 0.1) is 12.5 Å². The van der Waals surface area contributed by atoms with Crippen LogP contribution in [0.3, 0.4) is 0 Å². The smallest absolute Gasteiger partial charge is 0.429 e. The van der Waals surface area contributed by atoms with Crippen molar-refractivity contribution in [3.63, 3.8) is 0 Å². The third-order valence-electron chi connectivity index (χ3n) is 6.88. The summed E-state index contributed by atoms with van der Waals surface area (Å²) in [6.07, 6.45) is -0.0367. The van der Waals surface area contributed by atoms with Gasteiger partial charge in [-0.3, -0.25) is 19.8 Å². The van der Waals surface area contributed by atoms with E-state index in [4.69, 9.17) is 9.47 Å². The number of ether oxygens (including phenoxy) is 2. The molecule has 0 aliphatic carbocycles. The van der Waals surface area contributed by atoms with Crippen molar-refractivity contribution in [1.29, 1.82) is 0 Å². The van der Waals surface area contributed by atoms with Crippen LogP contribution in [0.4, 0.5) is 9.59 Å². The van der Waals surface area contributed by atoms with Crippen LogP contribution in [-0.2, 0) is 23.9 Å². The Balaban J connectivity index is 2.30. The molecule has 2 fully saturated rings. The molecule has 4 atom stereocenters. The highest BCUT2D eigenvalue weighted by molar-refractivity contribution is 5.93. The molecule has 0 aromatic rings. The Morgan fingerprint density at radius 1 is 1.10 bits per heavy atom. The zero-order chi connectivity index (χ0) is 30.6. The molecule has 5 amide bonds. The fraction of sp³-hybridized carbons (Fsp3) is 0.821. The molecule has 3 N–H and O–H groups in total. The largest absolute Gasteiger partial charge is 0.444 e. The maximum absolute atomic E-state index is 13.9. The molecule has 0 bridgehead atoms. The Kier molecular flexibility index (Phi) is 10.5. The molecule has 12 heteroatoms. The summed E-state index contributed by atoms with van der Waals surface area (Å²) in [7, 11) is 0. The highest BCUT2D eigenvalue weighted by Gasteiger charge is 2.47. The van der Waals surface area contributed by atoms with Crippen molar-refractivity contribution in [2.24, 2.45) is 17.3 Å². The van der Waals surface area contributed by atoms with Gasteiger partial charge in [-0.1, -0.05) is 34.1 Å². The van der Waals surface area contributed by atoms with Gasteiger partial charge in [0.15, 0.2) is 0 Å². The molecule has 0 saturated carbocycles. The SMILES string of the molecule is CCC(C)C(NC(=O)OC(C)(C)C)C(=O)N1CC(C)(C)C[C@H]1C(=O)NN(C[C@@H]1CCNC1=O)C(=O)OC(C)(C)C. The number of likely N-dealkylation sites (tertiary alicyclic amines) is 1. The van der Waals surface area contributed by atoms with E-state index in [1.807, 2.05) is 27.7 Å². The average Bonchev–Trinajstić information content (AvgIpc) is 3.35. The average molecular weight is 568 g/mol. The number of amides is 5. The van der Waals surface area contributed by atoms with Crippen molar-refractivity contribution in [1.82, 2.24) is 26.0 Å². The van der Waals surface area contributed by atoms with Gasteiger partial charge in [-0.05, 0) is 65.7 Å². The number of carbonyl (C=O) groups excluding carboxylic acids is 5. The lowest BCUT2D eigenvalue weighted by Gasteiger charge is -2.33. The molecule has 12 nitrogen and oxygen atoms in total. The van der Waals surface area contributed by atoms with Crippen LogP contribution in [0.1, 0.15) is 88.5 Å². The maximum atomic E-state index is 13.9. The van der Waals surface area contributed by atoms with Gasteiger partial charge in [-0.15, -0.1) is 0 Å². The minimum Gasteiger partial charge on any atom is -0.444 e. The summed E-state index contributed by atoms with van der Waals surface area (Å²) < 4.78 is 10.9. The van der Waals surface area contributed by atoms with Gasteiger partial charge in [0.25, 0.3) is 5.91 Å². The predicted octanol–water partition coefficient (Wildman–Crippen LogP) is 2.96. The predicted molar refractivity (Wildman–Crippen MR) is 149 cm³/mol. The van der Waals surface area contributed by atoms with Gasteiger partial charge in [-0.25, -0.2) is 14.6 Å². The van der Waals surface area contributed by atoms with Crippen LogP contribution >= 0.6 is 0 Å². The Hall–Kier alpha value is -3.05. The number of carbonyl (C=O) groups is 5. The number of hydrogen-bond donors (Lipinski definition) is 3. The molecule has 2 saturated heterocycles. The highest BCUT2D eigenvalue weighted by Crippen LogP contribution is 2.35. The molecule has 40 heavy (non-hydrogen) atoms. The van der Waals surface area contributed by atoms with Crippen LogP contribution < -0.4 is 16.1 Å². The Morgan fingerprint density at radius 2 is 1.70 bits per heavy atom. The molecule has 2 heterocycles. The van der Waals surface area contributed by atoms with Gasteiger partial charge in [0.2, 0.25) is 11.8 Å². The quantitative estimate of drug-likeness (QED) is 0.401. The summed E-state index contributed by atoms with van der Waals surface area (Å²) in [5.41, 5.74) is 0.671. The third kappa shape index (κ3) is 9.55. The van der Waals surface area contributed by atoms with E-state index >= 15 is 0 Å². The zero-order valence-electron chi connectivity index (χ0n) is 25.8. The third-order valence-corrected chi connectivity index (χ3v) is 6.88. The summed E-state index contributed by atoms with van der Waals surface area (Å²) in [4.78, 5) is 66.9. The lowest BCUT2D eigenvalue weighted by molar-refractivity contribution is -0.143. The van der Waals surface area contributed by atoms with Crippen molar-refractivity contribution in [3.8, 4) is 0 Å². The van der Waals surface area contributed by atoms with Crippen LogP contribution in [-0.4, -0.2) is 82.7 Å². The fourth-order valence-electron chi connectivity index (χ4n) is 4.76. The molecular weight excluding hydrogens is 518 g/mol. The van der Waals surface area contributed by atoms with Crippen molar-refractivity contribution in [2.75, 3.05) is 19.6 Å². The fourth-order valence-corrected chi connectivity index (χ4v) is 4.76. The van der Waals surface area contributed by atoms with Crippen LogP contribution in [0.25, 0.3) is 0 Å². The lowest BCUT2D eigenvalue weighted by Crippen LogP contribution is -2.59. The Bertz CT molecular complexity index is 969. The van der Waals surface area contributed by atoms with Gasteiger partial charge in [0, 0.05) is 13.1 Å². The summed E-state index contributed by atoms with van der Waals surface area (Å²) >= 11 is 0. The van der Waals surface area contributed by atoms with E-state index in [2.05, 4.69) is 16.1 Å². The minimum atomic E-state index is -0.909. The topological polar surface area (TPSA) is 146 Å². The maximum Gasteiger partial charge on any atom is 0.429 e. The number of hydrazine groups is 1. The van der Waals surface area contributed by atoms with E-state index in [0.29, 0.717) is 25.8 Å². The van der Waals surface area contributed by atoms with E-state index in [9.17, 15) is 24.0 Å². The van der Waals surface area contributed by atoms with Crippen molar-refractivity contribution in [3.05, 3.63) is 0 Å². The molecule has 2 aliphatic heterocycles. The molecule has 0 aromatic carbocycles. The first kappa shape index (κ1) is 33.2. The lowest BCUT2D eigenvalue weighted by atomic mass is 9.90. The first-order valence-corrected chi connectivity index (χ1v) is 14.1. The number of hydrogen-bond acceptors (Lipinski definition) is 7. The van der Waals surface area contributed by atoms with Gasteiger partial charge >= 0.3 is 12.2 Å². The molecule has 0 aromatic heterocycles. The van der Waals surface area contributed by atoms with Gasteiger partial charge in [-0.2, -0.15) is 0 Å². The summed E-state index contributed by atoms with van der Waals surface area (Å²) in [6, 6.07) is -1.81. The van der Waals surface area contributed by atoms with Crippen molar-refractivity contribution < 1.29 is 33.4 Å². The van der Waals surface area contributed by atoms with E-state index in [0.717, 1.165) is 5.01 Å². The number of rotatable bonds is 7.